The largest absolute Gasteiger partial charge is 0.309 e. The molecule has 2 aromatic heterocycles. The maximum Gasteiger partial charge on any atom is 0.137 e. The Balaban J connectivity index is 1.26. The molecule has 0 N–H and O–H groups in total. The number of aromatic nitrogens is 3. The van der Waals surface area contributed by atoms with Crippen LogP contribution in [0.1, 0.15) is 22.9 Å². The minimum Gasteiger partial charge on any atom is -0.309 e. The van der Waals surface area contributed by atoms with E-state index in [1.54, 1.807) is 0 Å². The van der Waals surface area contributed by atoms with Crippen LogP contribution in [0.2, 0.25) is 0 Å². The third kappa shape index (κ3) is 4.06. The van der Waals surface area contributed by atoms with Crippen LogP contribution in [-0.4, -0.2) is 14.5 Å². The molecule has 9 aromatic rings. The van der Waals surface area contributed by atoms with E-state index < -0.39 is 0 Å². The maximum absolute atomic E-state index is 5.39. The minimum atomic E-state index is 0.00109. The van der Waals surface area contributed by atoms with Crippen LogP contribution in [0.15, 0.2) is 158 Å². The van der Waals surface area contributed by atoms with Crippen molar-refractivity contribution in [2.24, 2.45) is 0 Å². The molecule has 47 heavy (non-hydrogen) atoms. The van der Waals surface area contributed by atoms with Gasteiger partial charge in [-0.2, -0.15) is 0 Å². The van der Waals surface area contributed by atoms with Crippen LogP contribution in [0.25, 0.3) is 71.6 Å². The van der Waals surface area contributed by atoms with Crippen LogP contribution in [0.3, 0.4) is 0 Å². The number of nitrogens with zero attached hydrogens (tertiary/aromatic N) is 3. The van der Waals surface area contributed by atoms with E-state index in [0.29, 0.717) is 0 Å². The van der Waals surface area contributed by atoms with Crippen LogP contribution in [0.5, 0.6) is 0 Å². The Morgan fingerprint density at radius 2 is 1.19 bits per heavy atom. The standard InChI is InChI=1S/C44H29N3/c1-3-13-28(14-4-1)43-34-20-9-11-21-40(34)45-44(46-43)39-25-31-26-42-38(27-35(31)36-23-29-15-7-8-16-30(29)24-37(36)39)33-19-10-12-22-41(33)47(42)32-17-5-2-6-18-32/h1-24,26-27,39H,25H2. The lowest BCUT2D eigenvalue weighted by molar-refractivity contribution is 0.738. The fraction of sp³-hybridized carbons (Fsp3) is 0.0455. The monoisotopic (exact) mass is 599 g/mol. The Morgan fingerprint density at radius 3 is 2.02 bits per heavy atom. The van der Waals surface area contributed by atoms with Gasteiger partial charge in [-0.05, 0) is 88.0 Å². The highest BCUT2D eigenvalue weighted by Crippen LogP contribution is 2.47. The van der Waals surface area contributed by atoms with Crippen molar-refractivity contribution in [2.45, 2.75) is 12.3 Å². The van der Waals surface area contributed by atoms with Gasteiger partial charge in [-0.15, -0.1) is 0 Å². The summed E-state index contributed by atoms with van der Waals surface area (Å²) in [6.07, 6.45) is 0.819. The van der Waals surface area contributed by atoms with E-state index in [0.717, 1.165) is 34.4 Å². The van der Waals surface area contributed by atoms with Gasteiger partial charge in [0, 0.05) is 33.3 Å². The summed E-state index contributed by atoms with van der Waals surface area (Å²) in [4.78, 5) is 10.7. The smallest absolute Gasteiger partial charge is 0.137 e. The molecule has 1 unspecified atom stereocenters. The summed E-state index contributed by atoms with van der Waals surface area (Å²) >= 11 is 0. The first-order valence-electron chi connectivity index (χ1n) is 16.3. The van der Waals surface area contributed by atoms with Crippen molar-refractivity contribution in [3.8, 4) is 28.1 Å². The molecule has 1 aliphatic rings. The molecule has 1 aliphatic carbocycles. The first-order valence-corrected chi connectivity index (χ1v) is 16.3. The SMILES string of the molecule is c1ccc(-c2nc(C3Cc4cc5c(cc4-c4cc6ccccc6cc43)c3ccccc3n5-c3ccccc3)nc3ccccc23)cc1. The maximum atomic E-state index is 5.39. The molecule has 0 fully saturated rings. The minimum absolute atomic E-state index is 0.00109. The lowest BCUT2D eigenvalue weighted by atomic mass is 9.76. The average Bonchev–Trinajstić information content (AvgIpc) is 3.46. The third-order valence-electron chi connectivity index (χ3n) is 9.90. The molecule has 7 aromatic carbocycles. The quantitative estimate of drug-likeness (QED) is 0.202. The second-order valence-electron chi connectivity index (χ2n) is 12.6. The molecule has 0 radical (unpaired) electrons. The van der Waals surface area contributed by atoms with Crippen LogP contribution in [0, 0.1) is 0 Å². The van der Waals surface area contributed by atoms with Crippen molar-refractivity contribution in [3.05, 3.63) is 175 Å². The number of benzene rings is 7. The van der Waals surface area contributed by atoms with Crippen molar-refractivity contribution in [3.63, 3.8) is 0 Å². The lowest BCUT2D eigenvalue weighted by Gasteiger charge is -2.28. The summed E-state index contributed by atoms with van der Waals surface area (Å²) in [5, 5.41) is 6.10. The van der Waals surface area contributed by atoms with Gasteiger partial charge in [0.15, 0.2) is 0 Å². The Bertz CT molecular complexity index is 2650. The molecule has 10 rings (SSSR count). The molecule has 0 spiro atoms. The van der Waals surface area contributed by atoms with E-state index >= 15 is 0 Å². The summed E-state index contributed by atoms with van der Waals surface area (Å²) < 4.78 is 2.41. The summed E-state index contributed by atoms with van der Waals surface area (Å²) in [6.45, 7) is 0. The van der Waals surface area contributed by atoms with Gasteiger partial charge in [-0.1, -0.05) is 109 Å². The van der Waals surface area contributed by atoms with Crippen molar-refractivity contribution in [1.29, 1.82) is 0 Å². The van der Waals surface area contributed by atoms with Gasteiger partial charge in [-0.25, -0.2) is 9.97 Å². The predicted octanol–water partition coefficient (Wildman–Crippen LogP) is 10.9. The Hall–Kier alpha value is -6.06. The van der Waals surface area contributed by atoms with Crippen molar-refractivity contribution in [1.82, 2.24) is 14.5 Å². The van der Waals surface area contributed by atoms with Crippen LogP contribution >= 0.6 is 0 Å². The highest BCUT2D eigenvalue weighted by Gasteiger charge is 2.30. The first kappa shape index (κ1) is 26.2. The highest BCUT2D eigenvalue weighted by molar-refractivity contribution is 6.11. The molecule has 3 nitrogen and oxygen atoms in total. The van der Waals surface area contributed by atoms with E-state index in [9.17, 15) is 0 Å². The second kappa shape index (κ2) is 10.2. The number of para-hydroxylation sites is 3. The van der Waals surface area contributed by atoms with Crippen molar-refractivity contribution in [2.75, 3.05) is 0 Å². The van der Waals surface area contributed by atoms with Gasteiger partial charge in [0.1, 0.15) is 5.82 Å². The topological polar surface area (TPSA) is 30.7 Å². The molecule has 0 saturated carbocycles. The summed E-state index contributed by atoms with van der Waals surface area (Å²) in [6, 6.07) is 56.8. The molecule has 0 saturated heterocycles. The molecule has 0 amide bonds. The number of hydrogen-bond acceptors (Lipinski definition) is 2. The number of hydrogen-bond donors (Lipinski definition) is 0. The van der Waals surface area contributed by atoms with Crippen LogP contribution in [0.4, 0.5) is 0 Å². The summed E-state index contributed by atoms with van der Waals surface area (Å²) in [7, 11) is 0. The van der Waals surface area contributed by atoms with E-state index in [-0.39, 0.29) is 5.92 Å². The summed E-state index contributed by atoms with van der Waals surface area (Å²) in [5.41, 5.74) is 11.9. The molecule has 2 heterocycles. The number of rotatable bonds is 3. The average molecular weight is 600 g/mol. The van der Waals surface area contributed by atoms with E-state index in [1.165, 1.54) is 60.5 Å². The molecular formula is C44H29N3. The fourth-order valence-electron chi connectivity index (χ4n) is 7.74. The zero-order chi connectivity index (χ0) is 30.9. The van der Waals surface area contributed by atoms with Gasteiger partial charge in [0.25, 0.3) is 0 Å². The van der Waals surface area contributed by atoms with E-state index in [2.05, 4.69) is 162 Å². The van der Waals surface area contributed by atoms with Gasteiger partial charge in [-0.3, -0.25) is 0 Å². The Morgan fingerprint density at radius 1 is 0.511 bits per heavy atom. The van der Waals surface area contributed by atoms with Crippen LogP contribution in [-0.2, 0) is 6.42 Å². The Kier molecular flexibility index (Phi) is 5.70. The van der Waals surface area contributed by atoms with Crippen LogP contribution < -0.4 is 0 Å². The molecule has 0 bridgehead atoms. The molecular weight excluding hydrogens is 571 g/mol. The van der Waals surface area contributed by atoms with Crippen molar-refractivity contribution < 1.29 is 0 Å². The fourth-order valence-corrected chi connectivity index (χ4v) is 7.74. The second-order valence-corrected chi connectivity index (χ2v) is 12.6. The zero-order valence-corrected chi connectivity index (χ0v) is 25.6. The van der Waals surface area contributed by atoms with Crippen molar-refractivity contribution >= 4 is 43.5 Å². The molecule has 0 aliphatic heterocycles. The Labute approximate surface area is 272 Å². The van der Waals surface area contributed by atoms with E-state index in [4.69, 9.17) is 9.97 Å². The van der Waals surface area contributed by atoms with Gasteiger partial charge in [0.2, 0.25) is 0 Å². The molecule has 1 atom stereocenters. The normalized spacial score (nSPS) is 14.1. The third-order valence-corrected chi connectivity index (χ3v) is 9.90. The molecule has 220 valence electrons. The highest BCUT2D eigenvalue weighted by atomic mass is 15.0. The van der Waals surface area contributed by atoms with Gasteiger partial charge in [0.05, 0.1) is 22.2 Å². The predicted molar refractivity (Wildman–Crippen MR) is 194 cm³/mol. The molecule has 3 heteroatoms. The zero-order valence-electron chi connectivity index (χ0n) is 25.6. The summed E-state index contributed by atoms with van der Waals surface area (Å²) in [5.74, 6) is 0.870. The van der Waals surface area contributed by atoms with Gasteiger partial charge < -0.3 is 4.57 Å². The lowest BCUT2D eigenvalue weighted by Crippen LogP contribution is -2.16. The first-order chi connectivity index (χ1) is 23.3. The van der Waals surface area contributed by atoms with Gasteiger partial charge >= 0.3 is 0 Å². The number of fused-ring (bicyclic) bond motifs is 8. The van der Waals surface area contributed by atoms with E-state index in [1.807, 2.05) is 0 Å².